The number of anilines is 2. The molecule has 2 heterocycles. The van der Waals surface area contributed by atoms with Crippen molar-refractivity contribution in [3.8, 4) is 0 Å². The lowest BCUT2D eigenvalue weighted by Gasteiger charge is -2.05. The number of nitrogens with one attached hydrogen (secondary N) is 3. The van der Waals surface area contributed by atoms with E-state index < -0.39 is 15.9 Å². The molecular formula is C17H15N5O5S2. The van der Waals surface area contributed by atoms with Crippen LogP contribution in [0.4, 0.5) is 10.8 Å². The second kappa shape index (κ2) is 8.34. The van der Waals surface area contributed by atoms with Gasteiger partial charge in [-0.1, -0.05) is 0 Å². The molecule has 0 fully saturated rings. The van der Waals surface area contributed by atoms with Crippen molar-refractivity contribution < 1.29 is 18.0 Å². The van der Waals surface area contributed by atoms with Crippen LogP contribution in [0.3, 0.4) is 0 Å². The maximum Gasteiger partial charge on any atom is 0.258 e. The molecule has 2 amide bonds. The summed E-state index contributed by atoms with van der Waals surface area (Å²) < 4.78 is 22.5. The molecule has 0 aliphatic rings. The highest BCUT2D eigenvalue weighted by atomic mass is 32.2. The van der Waals surface area contributed by atoms with Gasteiger partial charge >= 0.3 is 0 Å². The van der Waals surface area contributed by atoms with Gasteiger partial charge in [0.2, 0.25) is 21.5 Å². The Morgan fingerprint density at radius 1 is 1.10 bits per heavy atom. The van der Waals surface area contributed by atoms with E-state index >= 15 is 0 Å². The topological polar surface area (TPSA) is 164 Å². The Balaban J connectivity index is 1.58. The van der Waals surface area contributed by atoms with Crippen LogP contribution in [0.5, 0.6) is 0 Å². The number of sulfonamides is 1. The molecule has 0 atom stereocenters. The Morgan fingerprint density at radius 2 is 1.83 bits per heavy atom. The SMILES string of the molecule is NS(=O)(=O)c1ccc(NC(=O)Cc2csc(NC(=O)c3ccc(=O)[nH]c3)n2)cc1. The van der Waals surface area contributed by atoms with Gasteiger partial charge in [0, 0.05) is 23.3 Å². The van der Waals surface area contributed by atoms with E-state index in [1.807, 2.05) is 0 Å². The highest BCUT2D eigenvalue weighted by Gasteiger charge is 2.12. The predicted octanol–water partition coefficient (Wildman–Crippen LogP) is 0.912. The van der Waals surface area contributed by atoms with Crippen molar-refractivity contribution >= 4 is 44.0 Å². The Kier molecular flexibility index (Phi) is 5.87. The van der Waals surface area contributed by atoms with Gasteiger partial charge in [-0.2, -0.15) is 0 Å². The minimum absolute atomic E-state index is 0.0397. The number of primary sulfonamides is 1. The highest BCUT2D eigenvalue weighted by Crippen LogP contribution is 2.18. The number of pyridine rings is 1. The van der Waals surface area contributed by atoms with Crippen LogP contribution in [-0.2, 0) is 21.2 Å². The molecular weight excluding hydrogens is 418 g/mol. The molecule has 0 saturated carbocycles. The molecule has 150 valence electrons. The number of amides is 2. The summed E-state index contributed by atoms with van der Waals surface area (Å²) in [5, 5.41) is 12.2. The lowest BCUT2D eigenvalue weighted by Crippen LogP contribution is -2.16. The van der Waals surface area contributed by atoms with E-state index in [0.717, 1.165) is 11.3 Å². The number of benzene rings is 1. The Labute approximate surface area is 168 Å². The van der Waals surface area contributed by atoms with Crippen LogP contribution in [0.25, 0.3) is 0 Å². The summed E-state index contributed by atoms with van der Waals surface area (Å²) in [4.78, 5) is 41.8. The number of thiazole rings is 1. The molecule has 0 bridgehead atoms. The Hall–Kier alpha value is -3.35. The van der Waals surface area contributed by atoms with Gasteiger partial charge in [-0.3, -0.25) is 19.7 Å². The lowest BCUT2D eigenvalue weighted by molar-refractivity contribution is -0.115. The Morgan fingerprint density at radius 3 is 2.45 bits per heavy atom. The summed E-state index contributed by atoms with van der Waals surface area (Å²) in [7, 11) is -3.80. The number of hydrogen-bond acceptors (Lipinski definition) is 7. The molecule has 0 aliphatic heterocycles. The molecule has 0 spiro atoms. The zero-order chi connectivity index (χ0) is 21.0. The number of carbonyl (C=O) groups excluding carboxylic acids is 2. The third-order valence-corrected chi connectivity index (χ3v) is 5.36. The third kappa shape index (κ3) is 5.57. The van der Waals surface area contributed by atoms with Gasteiger partial charge in [0.05, 0.1) is 22.6 Å². The molecule has 29 heavy (non-hydrogen) atoms. The van der Waals surface area contributed by atoms with Crippen molar-refractivity contribution in [2.45, 2.75) is 11.3 Å². The maximum atomic E-state index is 12.1. The fourth-order valence-electron chi connectivity index (χ4n) is 2.26. The van der Waals surface area contributed by atoms with Gasteiger partial charge in [0.1, 0.15) is 0 Å². The zero-order valence-electron chi connectivity index (χ0n) is 14.7. The van der Waals surface area contributed by atoms with E-state index in [4.69, 9.17) is 5.14 Å². The molecule has 0 unspecified atom stereocenters. The first-order chi connectivity index (χ1) is 13.7. The summed E-state index contributed by atoms with van der Waals surface area (Å²) in [5.74, 6) is -0.807. The minimum atomic E-state index is -3.80. The van der Waals surface area contributed by atoms with E-state index in [-0.39, 0.29) is 28.3 Å². The van der Waals surface area contributed by atoms with Gasteiger partial charge in [-0.05, 0) is 30.3 Å². The highest BCUT2D eigenvalue weighted by molar-refractivity contribution is 7.89. The average molecular weight is 433 g/mol. The average Bonchev–Trinajstić information content (AvgIpc) is 3.08. The standard InChI is InChI=1S/C17H15N5O5S2/c18-29(26,27)13-4-2-11(3-5-13)20-15(24)7-12-9-28-17(21-12)22-16(25)10-1-6-14(23)19-8-10/h1-6,8-9H,7H2,(H,19,23)(H,20,24)(H2,18,26,27)(H,21,22,25). The number of hydrogen-bond donors (Lipinski definition) is 4. The zero-order valence-corrected chi connectivity index (χ0v) is 16.3. The number of aromatic nitrogens is 2. The first-order valence-corrected chi connectivity index (χ1v) is 10.5. The van der Waals surface area contributed by atoms with Gasteiger partial charge in [0.15, 0.2) is 5.13 Å². The van der Waals surface area contributed by atoms with Crippen molar-refractivity contribution in [3.63, 3.8) is 0 Å². The van der Waals surface area contributed by atoms with Crippen molar-refractivity contribution in [2.75, 3.05) is 10.6 Å². The molecule has 2 aromatic heterocycles. The molecule has 3 rings (SSSR count). The number of nitrogens with zero attached hydrogens (tertiary/aromatic N) is 1. The molecule has 1 aromatic carbocycles. The predicted molar refractivity (Wildman–Crippen MR) is 107 cm³/mol. The summed E-state index contributed by atoms with van der Waals surface area (Å²) in [6, 6.07) is 8.05. The fraction of sp³-hybridized carbons (Fsp3) is 0.0588. The maximum absolute atomic E-state index is 12.1. The van der Waals surface area contributed by atoms with Gasteiger partial charge in [0.25, 0.3) is 5.91 Å². The minimum Gasteiger partial charge on any atom is -0.328 e. The number of nitrogens with two attached hydrogens (primary N) is 1. The summed E-state index contributed by atoms with van der Waals surface area (Å²) in [6.07, 6.45) is 1.25. The monoisotopic (exact) mass is 433 g/mol. The summed E-state index contributed by atoms with van der Waals surface area (Å²) in [6.45, 7) is 0. The van der Waals surface area contributed by atoms with Crippen LogP contribution in [0.15, 0.2) is 57.7 Å². The third-order valence-electron chi connectivity index (χ3n) is 3.63. The normalized spacial score (nSPS) is 11.1. The molecule has 0 aliphatic carbocycles. The quantitative estimate of drug-likeness (QED) is 0.451. The van der Waals surface area contributed by atoms with Crippen LogP contribution in [0.1, 0.15) is 16.1 Å². The van der Waals surface area contributed by atoms with Crippen LogP contribution in [-0.4, -0.2) is 30.2 Å². The summed E-state index contributed by atoms with van der Waals surface area (Å²) >= 11 is 1.15. The molecule has 10 nitrogen and oxygen atoms in total. The van der Waals surface area contributed by atoms with Crippen LogP contribution in [0.2, 0.25) is 0 Å². The first kappa shape index (κ1) is 20.4. The van der Waals surface area contributed by atoms with Gasteiger partial charge < -0.3 is 10.3 Å². The Bertz CT molecular complexity index is 1200. The fourth-order valence-corrected chi connectivity index (χ4v) is 3.49. The molecule has 0 radical (unpaired) electrons. The van der Waals surface area contributed by atoms with Crippen molar-refractivity contribution in [2.24, 2.45) is 5.14 Å². The summed E-state index contributed by atoms with van der Waals surface area (Å²) in [5.41, 5.74) is 0.806. The number of aromatic amines is 1. The van der Waals surface area contributed by atoms with Crippen molar-refractivity contribution in [3.05, 3.63) is 69.6 Å². The second-order valence-corrected chi connectivity index (χ2v) is 8.25. The van der Waals surface area contributed by atoms with Gasteiger partial charge in [-0.15, -0.1) is 11.3 Å². The van der Waals surface area contributed by atoms with Crippen LogP contribution in [0, 0.1) is 0 Å². The first-order valence-electron chi connectivity index (χ1n) is 8.08. The van der Waals surface area contributed by atoms with E-state index in [9.17, 15) is 22.8 Å². The lowest BCUT2D eigenvalue weighted by atomic mass is 10.3. The smallest absolute Gasteiger partial charge is 0.258 e. The number of H-pyrrole nitrogens is 1. The van der Waals surface area contributed by atoms with E-state index in [2.05, 4.69) is 20.6 Å². The van der Waals surface area contributed by atoms with E-state index in [0.29, 0.717) is 16.5 Å². The molecule has 12 heteroatoms. The molecule has 5 N–H and O–H groups in total. The largest absolute Gasteiger partial charge is 0.328 e. The number of rotatable bonds is 6. The van der Waals surface area contributed by atoms with Crippen LogP contribution < -0.4 is 21.3 Å². The molecule has 0 saturated heterocycles. The molecule has 3 aromatic rings. The number of carbonyl (C=O) groups is 2. The van der Waals surface area contributed by atoms with E-state index in [1.165, 1.54) is 42.6 Å². The van der Waals surface area contributed by atoms with Crippen molar-refractivity contribution in [1.29, 1.82) is 0 Å². The second-order valence-electron chi connectivity index (χ2n) is 5.83. The van der Waals surface area contributed by atoms with Crippen molar-refractivity contribution in [1.82, 2.24) is 9.97 Å². The van der Waals surface area contributed by atoms with E-state index in [1.54, 1.807) is 5.38 Å². The van der Waals surface area contributed by atoms with Crippen LogP contribution >= 0.6 is 11.3 Å². The van der Waals surface area contributed by atoms with Gasteiger partial charge in [-0.25, -0.2) is 18.5 Å².